The maximum absolute atomic E-state index is 6.12. The average Bonchev–Trinajstić information content (AvgIpc) is 2.48. The molecule has 1 heterocycles. The van der Waals surface area contributed by atoms with Gasteiger partial charge in [-0.05, 0) is 25.7 Å². The van der Waals surface area contributed by atoms with Gasteiger partial charge < -0.3 is 10.3 Å². The fourth-order valence-electron chi connectivity index (χ4n) is 1.78. The first-order chi connectivity index (χ1) is 7.06. The Morgan fingerprint density at radius 1 is 1.33 bits per heavy atom. The number of nitrogens with zero attached hydrogens (tertiary/aromatic N) is 3. The van der Waals surface area contributed by atoms with Gasteiger partial charge in [-0.1, -0.05) is 20.8 Å². The lowest BCUT2D eigenvalue weighted by molar-refractivity contribution is 0.470. The van der Waals surface area contributed by atoms with Crippen LogP contribution in [0.25, 0.3) is 0 Å². The molecule has 0 aliphatic rings. The normalized spacial score (nSPS) is 13.5. The van der Waals surface area contributed by atoms with Gasteiger partial charge in [0.2, 0.25) is 0 Å². The van der Waals surface area contributed by atoms with E-state index >= 15 is 0 Å². The van der Waals surface area contributed by atoms with Crippen molar-refractivity contribution < 1.29 is 0 Å². The van der Waals surface area contributed by atoms with Crippen molar-refractivity contribution in [2.24, 2.45) is 11.7 Å². The van der Waals surface area contributed by atoms with Crippen LogP contribution >= 0.6 is 0 Å². The van der Waals surface area contributed by atoms with Gasteiger partial charge in [0.15, 0.2) is 0 Å². The third kappa shape index (κ3) is 3.02. The summed E-state index contributed by atoms with van der Waals surface area (Å²) in [6.07, 6.45) is 2.04. The molecule has 0 saturated heterocycles. The molecule has 1 rings (SSSR count). The number of hydrogen-bond donors (Lipinski definition) is 1. The molecule has 4 nitrogen and oxygen atoms in total. The highest BCUT2D eigenvalue weighted by Crippen LogP contribution is 2.18. The Balaban J connectivity index is 2.83. The van der Waals surface area contributed by atoms with E-state index in [1.54, 1.807) is 0 Å². The summed E-state index contributed by atoms with van der Waals surface area (Å²) in [7, 11) is 0. The number of aryl methyl sites for hydroxylation is 1. The van der Waals surface area contributed by atoms with Crippen LogP contribution in [0, 0.1) is 12.8 Å². The summed E-state index contributed by atoms with van der Waals surface area (Å²) >= 11 is 0. The molecule has 1 atom stereocenters. The quantitative estimate of drug-likeness (QED) is 0.809. The lowest BCUT2D eigenvalue weighted by atomic mass is 10.0. The van der Waals surface area contributed by atoms with E-state index in [9.17, 15) is 0 Å². The van der Waals surface area contributed by atoms with Gasteiger partial charge in [0, 0.05) is 6.54 Å². The summed E-state index contributed by atoms with van der Waals surface area (Å²) in [6, 6.07) is 0.0118. The number of rotatable bonds is 5. The lowest BCUT2D eigenvalue weighted by Crippen LogP contribution is -2.19. The van der Waals surface area contributed by atoms with Crippen molar-refractivity contribution in [2.75, 3.05) is 0 Å². The first kappa shape index (κ1) is 12.2. The smallest absolute Gasteiger partial charge is 0.149 e. The minimum absolute atomic E-state index is 0.0118. The fraction of sp³-hybridized carbons (Fsp3) is 0.818. The van der Waals surface area contributed by atoms with E-state index in [1.807, 2.05) is 6.92 Å². The van der Waals surface area contributed by atoms with E-state index in [-0.39, 0.29) is 6.04 Å². The van der Waals surface area contributed by atoms with E-state index in [2.05, 4.69) is 35.5 Å². The van der Waals surface area contributed by atoms with Gasteiger partial charge in [0.25, 0.3) is 0 Å². The van der Waals surface area contributed by atoms with Crippen LogP contribution in [0.2, 0.25) is 0 Å². The zero-order valence-electron chi connectivity index (χ0n) is 10.2. The maximum Gasteiger partial charge on any atom is 0.149 e. The van der Waals surface area contributed by atoms with Crippen LogP contribution in [0.4, 0.5) is 0 Å². The molecule has 15 heavy (non-hydrogen) atoms. The summed E-state index contributed by atoms with van der Waals surface area (Å²) in [6.45, 7) is 9.44. The Kier molecular flexibility index (Phi) is 4.27. The fourth-order valence-corrected chi connectivity index (χ4v) is 1.78. The summed E-state index contributed by atoms with van der Waals surface area (Å²) in [5, 5.41) is 8.27. The Morgan fingerprint density at radius 2 is 2.00 bits per heavy atom. The highest BCUT2D eigenvalue weighted by atomic mass is 15.3. The molecule has 2 N–H and O–H groups in total. The molecule has 0 spiro atoms. The number of aromatic nitrogens is 3. The molecular weight excluding hydrogens is 188 g/mol. The summed E-state index contributed by atoms with van der Waals surface area (Å²) in [5.41, 5.74) is 6.12. The highest BCUT2D eigenvalue weighted by Gasteiger charge is 2.16. The molecular formula is C11H22N4. The van der Waals surface area contributed by atoms with E-state index in [0.29, 0.717) is 5.92 Å². The van der Waals surface area contributed by atoms with Crippen molar-refractivity contribution in [3.05, 3.63) is 11.6 Å². The molecule has 0 aromatic carbocycles. The number of hydrogen-bond acceptors (Lipinski definition) is 3. The van der Waals surface area contributed by atoms with E-state index in [0.717, 1.165) is 31.0 Å². The SMILES string of the molecule is CCCn1c(C)nnc1[C@@H](N)CC(C)C. The van der Waals surface area contributed by atoms with Crippen LogP contribution in [0.1, 0.15) is 51.3 Å². The second kappa shape index (κ2) is 5.26. The molecule has 1 aromatic rings. The molecule has 0 amide bonds. The zero-order valence-corrected chi connectivity index (χ0v) is 10.2. The Bertz CT molecular complexity index is 304. The molecule has 0 fully saturated rings. The Hall–Kier alpha value is -0.900. The predicted octanol–water partition coefficient (Wildman–Crippen LogP) is 2.04. The monoisotopic (exact) mass is 210 g/mol. The zero-order chi connectivity index (χ0) is 11.4. The second-order valence-electron chi connectivity index (χ2n) is 4.49. The Labute approximate surface area is 91.9 Å². The first-order valence-electron chi connectivity index (χ1n) is 5.71. The highest BCUT2D eigenvalue weighted by molar-refractivity contribution is 4.99. The topological polar surface area (TPSA) is 56.7 Å². The van der Waals surface area contributed by atoms with Gasteiger partial charge in [-0.3, -0.25) is 0 Å². The van der Waals surface area contributed by atoms with Gasteiger partial charge >= 0.3 is 0 Å². The standard InChI is InChI=1S/C11H22N4/c1-5-6-15-9(4)13-14-11(15)10(12)7-8(2)3/h8,10H,5-7,12H2,1-4H3/t10-/m0/s1. The molecule has 4 heteroatoms. The van der Waals surface area contributed by atoms with Crippen LogP contribution < -0.4 is 5.73 Å². The van der Waals surface area contributed by atoms with Crippen molar-refractivity contribution in [1.82, 2.24) is 14.8 Å². The van der Waals surface area contributed by atoms with Crippen LogP contribution in [-0.4, -0.2) is 14.8 Å². The van der Waals surface area contributed by atoms with Crippen molar-refractivity contribution in [3.8, 4) is 0 Å². The van der Waals surface area contributed by atoms with Crippen LogP contribution in [0.15, 0.2) is 0 Å². The van der Waals surface area contributed by atoms with Gasteiger partial charge in [0.1, 0.15) is 11.6 Å². The first-order valence-corrected chi connectivity index (χ1v) is 5.71. The summed E-state index contributed by atoms with van der Waals surface area (Å²) in [5.74, 6) is 2.49. The molecule has 1 aromatic heterocycles. The van der Waals surface area contributed by atoms with Crippen molar-refractivity contribution in [2.45, 2.75) is 53.1 Å². The molecule has 0 saturated carbocycles. The predicted molar refractivity (Wildman–Crippen MR) is 61.4 cm³/mol. The third-order valence-corrected chi connectivity index (χ3v) is 2.47. The van der Waals surface area contributed by atoms with Gasteiger partial charge in [0.05, 0.1) is 6.04 Å². The van der Waals surface area contributed by atoms with Crippen LogP contribution in [0.3, 0.4) is 0 Å². The maximum atomic E-state index is 6.12. The van der Waals surface area contributed by atoms with E-state index < -0.39 is 0 Å². The van der Waals surface area contributed by atoms with E-state index in [1.165, 1.54) is 0 Å². The van der Waals surface area contributed by atoms with Gasteiger partial charge in [-0.25, -0.2) is 0 Å². The van der Waals surface area contributed by atoms with Crippen LogP contribution in [0.5, 0.6) is 0 Å². The molecule has 0 bridgehead atoms. The number of nitrogens with two attached hydrogens (primary N) is 1. The second-order valence-corrected chi connectivity index (χ2v) is 4.49. The molecule has 0 aliphatic carbocycles. The minimum atomic E-state index is 0.0118. The largest absolute Gasteiger partial charge is 0.321 e. The summed E-state index contributed by atoms with van der Waals surface area (Å²) < 4.78 is 2.13. The molecule has 0 aliphatic heterocycles. The lowest BCUT2D eigenvalue weighted by Gasteiger charge is -2.15. The van der Waals surface area contributed by atoms with Crippen molar-refractivity contribution in [3.63, 3.8) is 0 Å². The third-order valence-electron chi connectivity index (χ3n) is 2.47. The Morgan fingerprint density at radius 3 is 2.53 bits per heavy atom. The molecule has 0 radical (unpaired) electrons. The van der Waals surface area contributed by atoms with Gasteiger partial charge in [-0.2, -0.15) is 0 Å². The molecule has 86 valence electrons. The van der Waals surface area contributed by atoms with E-state index in [4.69, 9.17) is 5.73 Å². The van der Waals surface area contributed by atoms with Gasteiger partial charge in [-0.15, -0.1) is 10.2 Å². The van der Waals surface area contributed by atoms with Crippen molar-refractivity contribution in [1.29, 1.82) is 0 Å². The summed E-state index contributed by atoms with van der Waals surface area (Å²) in [4.78, 5) is 0. The van der Waals surface area contributed by atoms with Crippen molar-refractivity contribution >= 4 is 0 Å². The minimum Gasteiger partial charge on any atom is -0.321 e. The average molecular weight is 210 g/mol. The van der Waals surface area contributed by atoms with Crippen LogP contribution in [-0.2, 0) is 6.54 Å². The molecule has 0 unspecified atom stereocenters.